The SMILES string of the molecule is OC1CCCN(Cc2ccncc2)c2ccccc21. The number of nitrogens with zero attached hydrogens (tertiary/aromatic N) is 2. The maximum absolute atomic E-state index is 10.2. The summed E-state index contributed by atoms with van der Waals surface area (Å²) in [6.07, 6.45) is 5.17. The Morgan fingerprint density at radius 3 is 2.79 bits per heavy atom. The van der Waals surface area contributed by atoms with Gasteiger partial charge in [0, 0.05) is 36.7 Å². The minimum atomic E-state index is -0.335. The predicted molar refractivity (Wildman–Crippen MR) is 75.9 cm³/mol. The molecule has 0 fully saturated rings. The summed E-state index contributed by atoms with van der Waals surface area (Å²) in [7, 11) is 0. The molecule has 1 unspecified atom stereocenters. The molecule has 3 nitrogen and oxygen atoms in total. The summed E-state index contributed by atoms with van der Waals surface area (Å²) in [5.74, 6) is 0. The van der Waals surface area contributed by atoms with E-state index in [-0.39, 0.29) is 6.10 Å². The van der Waals surface area contributed by atoms with E-state index in [1.807, 2.05) is 42.7 Å². The first-order chi connectivity index (χ1) is 9.34. The Hall–Kier alpha value is -1.87. The number of fused-ring (bicyclic) bond motifs is 1. The van der Waals surface area contributed by atoms with E-state index in [0.29, 0.717) is 0 Å². The van der Waals surface area contributed by atoms with Gasteiger partial charge in [0.2, 0.25) is 0 Å². The quantitative estimate of drug-likeness (QED) is 0.895. The van der Waals surface area contributed by atoms with Gasteiger partial charge in [0.05, 0.1) is 6.10 Å². The molecule has 1 N–H and O–H groups in total. The van der Waals surface area contributed by atoms with Gasteiger partial charge >= 0.3 is 0 Å². The van der Waals surface area contributed by atoms with Gasteiger partial charge in [-0.1, -0.05) is 18.2 Å². The van der Waals surface area contributed by atoms with Crippen LogP contribution in [0, 0.1) is 0 Å². The summed E-state index contributed by atoms with van der Waals surface area (Å²) < 4.78 is 0. The Morgan fingerprint density at radius 2 is 1.95 bits per heavy atom. The highest BCUT2D eigenvalue weighted by Crippen LogP contribution is 2.33. The van der Waals surface area contributed by atoms with E-state index in [4.69, 9.17) is 0 Å². The molecule has 1 aromatic heterocycles. The summed E-state index contributed by atoms with van der Waals surface area (Å²) >= 11 is 0. The summed E-state index contributed by atoms with van der Waals surface area (Å²) in [6, 6.07) is 12.3. The first kappa shape index (κ1) is 12.2. The lowest BCUT2D eigenvalue weighted by Gasteiger charge is -2.25. The van der Waals surface area contributed by atoms with E-state index in [1.54, 1.807) is 0 Å². The van der Waals surface area contributed by atoms with Crippen molar-refractivity contribution in [3.8, 4) is 0 Å². The zero-order chi connectivity index (χ0) is 13.1. The monoisotopic (exact) mass is 254 g/mol. The highest BCUT2D eigenvalue weighted by molar-refractivity contribution is 5.55. The normalized spacial score (nSPS) is 18.8. The molecule has 19 heavy (non-hydrogen) atoms. The van der Waals surface area contributed by atoms with E-state index in [0.717, 1.165) is 37.2 Å². The van der Waals surface area contributed by atoms with Crippen LogP contribution in [0.1, 0.15) is 30.1 Å². The van der Waals surface area contributed by atoms with Crippen LogP contribution in [0.5, 0.6) is 0 Å². The third kappa shape index (κ3) is 2.61. The van der Waals surface area contributed by atoms with Crippen LogP contribution in [0.25, 0.3) is 0 Å². The van der Waals surface area contributed by atoms with Gasteiger partial charge in [0.1, 0.15) is 0 Å². The number of pyridine rings is 1. The Morgan fingerprint density at radius 1 is 1.16 bits per heavy atom. The molecule has 1 aliphatic heterocycles. The number of hydrogen-bond donors (Lipinski definition) is 1. The van der Waals surface area contributed by atoms with E-state index in [2.05, 4.69) is 16.0 Å². The molecule has 0 spiro atoms. The Kier molecular flexibility index (Phi) is 3.47. The topological polar surface area (TPSA) is 36.4 Å². The second kappa shape index (κ2) is 5.41. The third-order valence-electron chi connectivity index (χ3n) is 3.66. The van der Waals surface area contributed by atoms with Crippen LogP contribution < -0.4 is 4.90 Å². The molecule has 2 heterocycles. The molecule has 0 bridgehead atoms. The lowest BCUT2D eigenvalue weighted by molar-refractivity contribution is 0.168. The average molecular weight is 254 g/mol. The van der Waals surface area contributed by atoms with Crippen LogP contribution in [0.15, 0.2) is 48.8 Å². The second-order valence-electron chi connectivity index (χ2n) is 4.99. The van der Waals surface area contributed by atoms with Crippen molar-refractivity contribution in [1.82, 2.24) is 4.98 Å². The van der Waals surface area contributed by atoms with Crippen molar-refractivity contribution in [3.63, 3.8) is 0 Å². The van der Waals surface area contributed by atoms with Gasteiger partial charge in [-0.3, -0.25) is 4.98 Å². The Bertz CT molecular complexity index is 541. The van der Waals surface area contributed by atoms with Crippen molar-refractivity contribution in [2.24, 2.45) is 0 Å². The maximum atomic E-state index is 10.2. The lowest BCUT2D eigenvalue weighted by atomic mass is 10.0. The van der Waals surface area contributed by atoms with Crippen molar-refractivity contribution < 1.29 is 5.11 Å². The maximum Gasteiger partial charge on any atom is 0.0810 e. The van der Waals surface area contributed by atoms with Crippen molar-refractivity contribution in [2.75, 3.05) is 11.4 Å². The van der Waals surface area contributed by atoms with Crippen molar-refractivity contribution in [2.45, 2.75) is 25.5 Å². The molecule has 3 heteroatoms. The van der Waals surface area contributed by atoms with Crippen LogP contribution in [-0.4, -0.2) is 16.6 Å². The fourth-order valence-corrected chi connectivity index (χ4v) is 2.68. The second-order valence-corrected chi connectivity index (χ2v) is 4.99. The van der Waals surface area contributed by atoms with E-state index < -0.39 is 0 Å². The van der Waals surface area contributed by atoms with Gasteiger partial charge in [0.15, 0.2) is 0 Å². The van der Waals surface area contributed by atoms with E-state index in [9.17, 15) is 5.11 Å². The number of aromatic nitrogens is 1. The number of hydrogen-bond acceptors (Lipinski definition) is 3. The highest BCUT2D eigenvalue weighted by Gasteiger charge is 2.20. The van der Waals surface area contributed by atoms with Gasteiger partial charge in [-0.15, -0.1) is 0 Å². The fourth-order valence-electron chi connectivity index (χ4n) is 2.68. The van der Waals surface area contributed by atoms with Crippen LogP contribution >= 0.6 is 0 Å². The number of benzene rings is 1. The van der Waals surface area contributed by atoms with Gasteiger partial charge < -0.3 is 10.0 Å². The molecule has 0 amide bonds. The van der Waals surface area contributed by atoms with Crippen molar-refractivity contribution >= 4 is 5.69 Å². The number of aliphatic hydroxyl groups is 1. The molecule has 0 radical (unpaired) electrons. The lowest BCUT2D eigenvalue weighted by Crippen LogP contribution is -2.23. The fraction of sp³-hybridized carbons (Fsp3) is 0.312. The van der Waals surface area contributed by atoms with Crippen LogP contribution in [-0.2, 0) is 6.54 Å². The molecule has 0 saturated heterocycles. The predicted octanol–water partition coefficient (Wildman–Crippen LogP) is 2.92. The highest BCUT2D eigenvalue weighted by atomic mass is 16.3. The third-order valence-corrected chi connectivity index (χ3v) is 3.66. The van der Waals surface area contributed by atoms with Crippen molar-refractivity contribution in [3.05, 3.63) is 59.9 Å². The van der Waals surface area contributed by atoms with Gasteiger partial charge in [-0.05, 0) is 36.6 Å². The molecule has 1 atom stereocenters. The van der Waals surface area contributed by atoms with Crippen molar-refractivity contribution in [1.29, 1.82) is 0 Å². The Balaban J connectivity index is 1.91. The molecule has 3 rings (SSSR count). The average Bonchev–Trinajstić information content (AvgIpc) is 2.61. The molecule has 1 aliphatic rings. The minimum Gasteiger partial charge on any atom is -0.388 e. The molecule has 1 aromatic carbocycles. The first-order valence-electron chi connectivity index (χ1n) is 6.75. The zero-order valence-electron chi connectivity index (χ0n) is 10.9. The Labute approximate surface area is 113 Å². The summed E-state index contributed by atoms with van der Waals surface area (Å²) in [6.45, 7) is 1.85. The minimum absolute atomic E-state index is 0.335. The van der Waals surface area contributed by atoms with Crippen LogP contribution in [0.4, 0.5) is 5.69 Å². The largest absolute Gasteiger partial charge is 0.388 e. The molecule has 98 valence electrons. The molecular formula is C16H18N2O. The zero-order valence-corrected chi connectivity index (χ0v) is 10.9. The van der Waals surface area contributed by atoms with Crippen LogP contribution in [0.2, 0.25) is 0 Å². The molecule has 0 aliphatic carbocycles. The summed E-state index contributed by atoms with van der Waals surface area (Å²) in [5.41, 5.74) is 3.46. The first-order valence-corrected chi connectivity index (χ1v) is 6.75. The van der Waals surface area contributed by atoms with Gasteiger partial charge in [-0.2, -0.15) is 0 Å². The number of anilines is 1. The summed E-state index contributed by atoms with van der Waals surface area (Å²) in [5, 5.41) is 10.2. The smallest absolute Gasteiger partial charge is 0.0810 e. The number of para-hydroxylation sites is 1. The van der Waals surface area contributed by atoms with Gasteiger partial charge in [-0.25, -0.2) is 0 Å². The standard InChI is InChI=1S/C16H18N2O/c19-16-6-3-11-18(12-13-7-9-17-10-8-13)15-5-2-1-4-14(15)16/h1-2,4-5,7-10,16,19H,3,6,11-12H2. The molecule has 2 aromatic rings. The van der Waals surface area contributed by atoms with E-state index >= 15 is 0 Å². The summed E-state index contributed by atoms with van der Waals surface area (Å²) in [4.78, 5) is 6.40. The number of aliphatic hydroxyl groups excluding tert-OH is 1. The van der Waals surface area contributed by atoms with Gasteiger partial charge in [0.25, 0.3) is 0 Å². The van der Waals surface area contributed by atoms with Crippen LogP contribution in [0.3, 0.4) is 0 Å². The molecule has 0 saturated carbocycles. The number of rotatable bonds is 2. The molecular weight excluding hydrogens is 236 g/mol. The van der Waals surface area contributed by atoms with E-state index in [1.165, 1.54) is 5.56 Å².